The van der Waals surface area contributed by atoms with E-state index in [2.05, 4.69) is 24.1 Å². The SMILES string of the molecule is CN(C(=O)C1NCCCC1(C)C)c1ccncc1. The molecular weight excluding hydrogens is 226 g/mol. The number of amides is 1. The Hall–Kier alpha value is -1.42. The van der Waals surface area contributed by atoms with Gasteiger partial charge in [-0.2, -0.15) is 0 Å². The van der Waals surface area contributed by atoms with E-state index in [0.717, 1.165) is 25.1 Å². The van der Waals surface area contributed by atoms with Gasteiger partial charge in [-0.1, -0.05) is 13.8 Å². The number of hydrogen-bond donors (Lipinski definition) is 1. The fourth-order valence-electron chi connectivity index (χ4n) is 2.52. The number of nitrogens with zero attached hydrogens (tertiary/aromatic N) is 2. The van der Waals surface area contributed by atoms with E-state index in [9.17, 15) is 4.79 Å². The van der Waals surface area contributed by atoms with Crippen molar-refractivity contribution in [2.45, 2.75) is 32.7 Å². The summed E-state index contributed by atoms with van der Waals surface area (Å²) in [6, 6.07) is 3.60. The third-order valence-corrected chi connectivity index (χ3v) is 3.76. The average Bonchev–Trinajstić information content (AvgIpc) is 2.37. The number of carbonyl (C=O) groups excluding carboxylic acids is 1. The van der Waals surface area contributed by atoms with Crippen molar-refractivity contribution in [3.05, 3.63) is 24.5 Å². The third-order valence-electron chi connectivity index (χ3n) is 3.76. The van der Waals surface area contributed by atoms with Crippen molar-refractivity contribution in [1.29, 1.82) is 0 Å². The first kappa shape index (κ1) is 13.0. The first-order valence-corrected chi connectivity index (χ1v) is 6.43. The third kappa shape index (κ3) is 2.53. The van der Waals surface area contributed by atoms with Crippen molar-refractivity contribution >= 4 is 11.6 Å². The summed E-state index contributed by atoms with van der Waals surface area (Å²) < 4.78 is 0. The van der Waals surface area contributed by atoms with E-state index in [0.29, 0.717) is 0 Å². The van der Waals surface area contributed by atoms with Crippen LogP contribution in [0.15, 0.2) is 24.5 Å². The summed E-state index contributed by atoms with van der Waals surface area (Å²) in [6.07, 6.45) is 5.63. The van der Waals surface area contributed by atoms with Crippen LogP contribution in [0, 0.1) is 5.41 Å². The Balaban J connectivity index is 2.16. The van der Waals surface area contributed by atoms with Gasteiger partial charge < -0.3 is 10.2 Å². The summed E-state index contributed by atoms with van der Waals surface area (Å²) in [5.74, 6) is 0.130. The summed E-state index contributed by atoms with van der Waals surface area (Å²) in [7, 11) is 1.82. The Bertz CT molecular complexity index is 416. The molecule has 1 aliphatic heterocycles. The second-order valence-electron chi connectivity index (χ2n) is 5.58. The molecule has 0 saturated carbocycles. The number of hydrogen-bond acceptors (Lipinski definition) is 3. The molecule has 1 fully saturated rings. The molecule has 18 heavy (non-hydrogen) atoms. The van der Waals surface area contributed by atoms with Crippen LogP contribution in [0.4, 0.5) is 5.69 Å². The standard InChI is InChI=1S/C14H21N3O/c1-14(2)7-4-8-16-12(14)13(18)17(3)11-5-9-15-10-6-11/h5-6,9-10,12,16H,4,7-8H2,1-3H3. The molecule has 2 heterocycles. The molecule has 1 unspecified atom stereocenters. The first-order chi connectivity index (χ1) is 8.52. The van der Waals surface area contributed by atoms with Gasteiger partial charge in [0.2, 0.25) is 5.91 Å². The number of piperidine rings is 1. The summed E-state index contributed by atoms with van der Waals surface area (Å²) in [5, 5.41) is 3.35. The topological polar surface area (TPSA) is 45.2 Å². The molecule has 1 saturated heterocycles. The van der Waals surface area contributed by atoms with Crippen molar-refractivity contribution in [3.8, 4) is 0 Å². The van der Waals surface area contributed by atoms with Crippen LogP contribution in [0.25, 0.3) is 0 Å². The lowest BCUT2D eigenvalue weighted by Gasteiger charge is -2.40. The minimum Gasteiger partial charge on any atom is -0.314 e. The maximum atomic E-state index is 12.6. The highest BCUT2D eigenvalue weighted by molar-refractivity contribution is 5.97. The van der Waals surface area contributed by atoms with E-state index in [-0.39, 0.29) is 17.4 Å². The Labute approximate surface area is 108 Å². The number of anilines is 1. The van der Waals surface area contributed by atoms with Gasteiger partial charge in [0.15, 0.2) is 0 Å². The quantitative estimate of drug-likeness (QED) is 0.867. The first-order valence-electron chi connectivity index (χ1n) is 6.43. The van der Waals surface area contributed by atoms with E-state index in [4.69, 9.17) is 0 Å². The lowest BCUT2D eigenvalue weighted by atomic mass is 9.77. The second-order valence-corrected chi connectivity index (χ2v) is 5.58. The van der Waals surface area contributed by atoms with Gasteiger partial charge in [0.25, 0.3) is 0 Å². The predicted octanol–water partition coefficient (Wildman–Crippen LogP) is 1.82. The minimum absolute atomic E-state index is 0.0105. The van der Waals surface area contributed by atoms with Gasteiger partial charge in [-0.25, -0.2) is 0 Å². The molecule has 4 heteroatoms. The van der Waals surface area contributed by atoms with Crippen molar-refractivity contribution in [2.24, 2.45) is 5.41 Å². The summed E-state index contributed by atoms with van der Waals surface area (Å²) in [5.41, 5.74) is 0.898. The highest BCUT2D eigenvalue weighted by Gasteiger charge is 2.38. The van der Waals surface area contributed by atoms with Gasteiger partial charge >= 0.3 is 0 Å². The molecular formula is C14H21N3O. The molecule has 0 aliphatic carbocycles. The van der Waals surface area contributed by atoms with Crippen LogP contribution in [-0.2, 0) is 4.79 Å². The van der Waals surface area contributed by atoms with Gasteiger partial charge in [-0.15, -0.1) is 0 Å². The number of aromatic nitrogens is 1. The molecule has 0 radical (unpaired) electrons. The normalized spacial score (nSPS) is 22.5. The fraction of sp³-hybridized carbons (Fsp3) is 0.571. The monoisotopic (exact) mass is 247 g/mol. The zero-order valence-corrected chi connectivity index (χ0v) is 11.3. The smallest absolute Gasteiger partial charge is 0.244 e. The molecule has 1 amide bonds. The van der Waals surface area contributed by atoms with E-state index in [1.165, 1.54) is 0 Å². The van der Waals surface area contributed by atoms with E-state index in [1.807, 2.05) is 19.2 Å². The van der Waals surface area contributed by atoms with Crippen LogP contribution in [0.5, 0.6) is 0 Å². The fourth-order valence-corrected chi connectivity index (χ4v) is 2.52. The van der Waals surface area contributed by atoms with Crippen LogP contribution < -0.4 is 10.2 Å². The lowest BCUT2D eigenvalue weighted by Crippen LogP contribution is -2.56. The molecule has 1 aliphatic rings. The largest absolute Gasteiger partial charge is 0.314 e. The Morgan fingerprint density at radius 3 is 2.72 bits per heavy atom. The molecule has 1 aromatic heterocycles. The zero-order valence-electron chi connectivity index (χ0n) is 11.3. The number of nitrogens with one attached hydrogen (secondary N) is 1. The number of rotatable bonds is 2. The van der Waals surface area contributed by atoms with Gasteiger partial charge in [0.1, 0.15) is 0 Å². The molecule has 0 spiro atoms. The molecule has 1 atom stereocenters. The van der Waals surface area contributed by atoms with E-state index >= 15 is 0 Å². The Kier molecular flexibility index (Phi) is 3.66. The maximum Gasteiger partial charge on any atom is 0.244 e. The number of pyridine rings is 1. The van der Waals surface area contributed by atoms with E-state index < -0.39 is 0 Å². The molecule has 1 aromatic rings. The Morgan fingerprint density at radius 2 is 2.11 bits per heavy atom. The number of carbonyl (C=O) groups is 1. The van der Waals surface area contributed by atoms with Crippen molar-refractivity contribution in [2.75, 3.05) is 18.5 Å². The molecule has 2 rings (SSSR count). The molecule has 0 bridgehead atoms. The van der Waals surface area contributed by atoms with Crippen LogP contribution in [0.2, 0.25) is 0 Å². The molecule has 1 N–H and O–H groups in total. The molecule has 0 aromatic carbocycles. The van der Waals surface area contributed by atoms with Gasteiger partial charge in [0, 0.05) is 25.1 Å². The van der Waals surface area contributed by atoms with Gasteiger partial charge in [0.05, 0.1) is 6.04 Å². The summed E-state index contributed by atoms with van der Waals surface area (Å²) in [4.78, 5) is 18.2. The summed E-state index contributed by atoms with van der Waals surface area (Å²) in [6.45, 7) is 5.23. The van der Waals surface area contributed by atoms with Crippen molar-refractivity contribution in [1.82, 2.24) is 10.3 Å². The van der Waals surface area contributed by atoms with Crippen LogP contribution in [-0.4, -0.2) is 30.5 Å². The van der Waals surface area contributed by atoms with Crippen LogP contribution >= 0.6 is 0 Å². The second kappa shape index (κ2) is 5.06. The highest BCUT2D eigenvalue weighted by Crippen LogP contribution is 2.31. The van der Waals surface area contributed by atoms with Gasteiger partial charge in [-0.05, 0) is 36.9 Å². The van der Waals surface area contributed by atoms with Crippen LogP contribution in [0.1, 0.15) is 26.7 Å². The Morgan fingerprint density at radius 1 is 1.44 bits per heavy atom. The van der Waals surface area contributed by atoms with E-state index in [1.54, 1.807) is 17.3 Å². The van der Waals surface area contributed by atoms with Crippen molar-refractivity contribution < 1.29 is 4.79 Å². The van der Waals surface area contributed by atoms with Crippen molar-refractivity contribution in [3.63, 3.8) is 0 Å². The number of likely N-dealkylation sites (N-methyl/N-ethyl adjacent to an activating group) is 1. The summed E-state index contributed by atoms with van der Waals surface area (Å²) >= 11 is 0. The molecule has 4 nitrogen and oxygen atoms in total. The van der Waals surface area contributed by atoms with Crippen LogP contribution in [0.3, 0.4) is 0 Å². The minimum atomic E-state index is -0.107. The molecule has 98 valence electrons. The lowest BCUT2D eigenvalue weighted by molar-refractivity contribution is -0.123. The average molecular weight is 247 g/mol. The zero-order chi connectivity index (χ0) is 13.2. The maximum absolute atomic E-state index is 12.6. The predicted molar refractivity (Wildman–Crippen MR) is 72.5 cm³/mol. The van der Waals surface area contributed by atoms with Gasteiger partial charge in [-0.3, -0.25) is 9.78 Å². The highest BCUT2D eigenvalue weighted by atomic mass is 16.2.